The molecular formula is C30H24. The molecule has 0 N–H and O–H groups in total. The van der Waals surface area contributed by atoms with Crippen LogP contribution in [0, 0.1) is 0 Å². The Hall–Kier alpha value is -3.12. The summed E-state index contributed by atoms with van der Waals surface area (Å²) < 4.78 is 0. The third-order valence-corrected chi connectivity index (χ3v) is 8.48. The van der Waals surface area contributed by atoms with Gasteiger partial charge in [0.2, 0.25) is 0 Å². The zero-order valence-corrected chi connectivity index (χ0v) is 17.4. The average Bonchev–Trinajstić information content (AvgIpc) is 2.80. The summed E-state index contributed by atoms with van der Waals surface area (Å²) in [5.74, 6) is 0.626. The van der Waals surface area contributed by atoms with Crippen LogP contribution in [-0.4, -0.2) is 0 Å². The Labute approximate surface area is 178 Å². The number of benzene rings is 4. The highest BCUT2D eigenvalue weighted by atomic mass is 14.6. The van der Waals surface area contributed by atoms with Gasteiger partial charge in [-0.15, -0.1) is 0 Å². The molecular weight excluding hydrogens is 360 g/mol. The first-order valence-corrected chi connectivity index (χ1v) is 11.0. The van der Waals surface area contributed by atoms with Crippen molar-refractivity contribution in [2.24, 2.45) is 0 Å². The van der Waals surface area contributed by atoms with Crippen LogP contribution in [0.15, 0.2) is 97.1 Å². The van der Waals surface area contributed by atoms with E-state index in [1.807, 2.05) is 0 Å². The van der Waals surface area contributed by atoms with Crippen LogP contribution in [0.4, 0.5) is 0 Å². The van der Waals surface area contributed by atoms with Gasteiger partial charge in [-0.05, 0) is 44.5 Å². The summed E-state index contributed by atoms with van der Waals surface area (Å²) in [7, 11) is 0. The second-order valence-corrected chi connectivity index (χ2v) is 9.62. The first-order valence-electron chi connectivity index (χ1n) is 11.0. The normalized spacial score (nSPS) is 29.3. The van der Waals surface area contributed by atoms with E-state index in [0.29, 0.717) is 11.8 Å². The molecule has 0 unspecified atom stereocenters. The van der Waals surface area contributed by atoms with Crippen LogP contribution in [0.5, 0.6) is 0 Å². The molecule has 0 heterocycles. The van der Waals surface area contributed by atoms with Crippen LogP contribution in [0.2, 0.25) is 0 Å². The smallest absolute Gasteiger partial charge is 0.0290 e. The van der Waals surface area contributed by atoms with Gasteiger partial charge < -0.3 is 0 Å². The molecule has 6 aliphatic rings. The minimum absolute atomic E-state index is 0.107. The molecule has 0 atom stereocenters. The molecule has 0 saturated heterocycles. The summed E-state index contributed by atoms with van der Waals surface area (Å²) in [5.41, 5.74) is 11.9. The molecule has 4 aromatic carbocycles. The maximum atomic E-state index is 2.49. The van der Waals surface area contributed by atoms with Crippen molar-refractivity contribution in [3.8, 4) is 0 Å². The minimum atomic E-state index is -0.107. The molecule has 6 aliphatic carbocycles. The molecule has 0 aromatic heterocycles. The topological polar surface area (TPSA) is 0 Å². The largest absolute Gasteiger partial charge is 0.0620 e. The summed E-state index contributed by atoms with van der Waals surface area (Å²) in [6.07, 6.45) is 0. The van der Waals surface area contributed by atoms with Crippen molar-refractivity contribution in [3.05, 3.63) is 142 Å². The van der Waals surface area contributed by atoms with Gasteiger partial charge >= 0.3 is 0 Å². The third kappa shape index (κ3) is 1.64. The predicted molar refractivity (Wildman–Crippen MR) is 122 cm³/mol. The van der Waals surface area contributed by atoms with Gasteiger partial charge in [-0.1, -0.05) is 111 Å². The number of hydrogen-bond acceptors (Lipinski definition) is 0. The Morgan fingerprint density at radius 1 is 0.400 bits per heavy atom. The quantitative estimate of drug-likeness (QED) is 0.309. The van der Waals surface area contributed by atoms with Gasteiger partial charge in [0.1, 0.15) is 0 Å². The molecule has 10 rings (SSSR count). The molecule has 0 nitrogen and oxygen atoms in total. The fourth-order valence-corrected chi connectivity index (χ4v) is 7.34. The number of hydrogen-bond donors (Lipinski definition) is 0. The summed E-state index contributed by atoms with van der Waals surface area (Å²) in [4.78, 5) is 0. The lowest BCUT2D eigenvalue weighted by molar-refractivity contribution is 0.361. The van der Waals surface area contributed by atoms with E-state index in [1.54, 1.807) is 0 Å². The van der Waals surface area contributed by atoms with Crippen LogP contribution in [0.3, 0.4) is 0 Å². The molecule has 0 amide bonds. The molecule has 30 heavy (non-hydrogen) atoms. The van der Waals surface area contributed by atoms with Crippen molar-refractivity contribution in [2.75, 3.05) is 0 Å². The fourth-order valence-electron chi connectivity index (χ4n) is 7.34. The number of rotatable bonds is 0. The van der Waals surface area contributed by atoms with Crippen LogP contribution in [-0.2, 0) is 10.8 Å². The standard InChI is InChI=1S/C30H24/c1-29-23-15-7-9-17-25(23)30(2,26-18-10-8-16-24(26)29)28-21-13-5-3-11-19(21)27(29)20-12-4-6-14-22(20)28/h3-18,27-28H,1-2H3. The Bertz CT molecular complexity index is 1140. The lowest BCUT2D eigenvalue weighted by atomic mass is 9.43. The highest BCUT2D eigenvalue weighted by Gasteiger charge is 2.59. The van der Waals surface area contributed by atoms with E-state index < -0.39 is 0 Å². The van der Waals surface area contributed by atoms with Crippen LogP contribution >= 0.6 is 0 Å². The Balaban J connectivity index is 1.77. The van der Waals surface area contributed by atoms with E-state index in [0.717, 1.165) is 0 Å². The average molecular weight is 385 g/mol. The highest BCUT2D eigenvalue weighted by Crippen LogP contribution is 2.67. The van der Waals surface area contributed by atoms with Crippen molar-refractivity contribution >= 4 is 0 Å². The lowest BCUT2D eigenvalue weighted by Crippen LogP contribution is -2.51. The molecule has 4 aromatic rings. The summed E-state index contributed by atoms with van der Waals surface area (Å²) in [6.45, 7) is 4.99. The molecule has 0 heteroatoms. The first-order chi connectivity index (χ1) is 14.7. The molecule has 0 aliphatic heterocycles. The summed E-state index contributed by atoms with van der Waals surface area (Å²) in [6, 6.07) is 37.0. The van der Waals surface area contributed by atoms with Crippen LogP contribution in [0.1, 0.15) is 70.2 Å². The second kappa shape index (κ2) is 5.32. The van der Waals surface area contributed by atoms with Crippen LogP contribution in [0.25, 0.3) is 0 Å². The second-order valence-electron chi connectivity index (χ2n) is 9.62. The van der Waals surface area contributed by atoms with Crippen molar-refractivity contribution in [2.45, 2.75) is 36.5 Å². The fraction of sp³-hybridized carbons (Fsp3) is 0.200. The van der Waals surface area contributed by atoms with Crippen molar-refractivity contribution in [1.82, 2.24) is 0 Å². The van der Waals surface area contributed by atoms with Gasteiger partial charge in [0.05, 0.1) is 0 Å². The Morgan fingerprint density at radius 2 is 0.633 bits per heavy atom. The van der Waals surface area contributed by atoms with E-state index in [9.17, 15) is 0 Å². The van der Waals surface area contributed by atoms with Gasteiger partial charge in [0, 0.05) is 22.7 Å². The van der Waals surface area contributed by atoms with E-state index in [4.69, 9.17) is 0 Å². The molecule has 0 fully saturated rings. The van der Waals surface area contributed by atoms with Gasteiger partial charge in [-0.2, -0.15) is 0 Å². The maximum Gasteiger partial charge on any atom is 0.0290 e. The first kappa shape index (κ1) is 16.7. The monoisotopic (exact) mass is 384 g/mol. The zero-order chi connectivity index (χ0) is 20.1. The molecule has 0 saturated carbocycles. The highest BCUT2D eigenvalue weighted by molar-refractivity contribution is 5.72. The van der Waals surface area contributed by atoms with E-state index in [-0.39, 0.29) is 10.8 Å². The third-order valence-electron chi connectivity index (χ3n) is 8.48. The zero-order valence-electron chi connectivity index (χ0n) is 17.4. The van der Waals surface area contributed by atoms with E-state index in [1.165, 1.54) is 44.5 Å². The van der Waals surface area contributed by atoms with Gasteiger partial charge in [-0.25, -0.2) is 0 Å². The lowest BCUT2D eigenvalue weighted by Gasteiger charge is -2.59. The van der Waals surface area contributed by atoms with Crippen molar-refractivity contribution in [1.29, 1.82) is 0 Å². The summed E-state index contributed by atoms with van der Waals surface area (Å²) >= 11 is 0. The summed E-state index contributed by atoms with van der Waals surface area (Å²) in [5, 5.41) is 0. The van der Waals surface area contributed by atoms with Crippen molar-refractivity contribution < 1.29 is 0 Å². The molecule has 4 bridgehead atoms. The van der Waals surface area contributed by atoms with Crippen LogP contribution < -0.4 is 0 Å². The van der Waals surface area contributed by atoms with Crippen molar-refractivity contribution in [3.63, 3.8) is 0 Å². The SMILES string of the molecule is CC12c3ccccc3C(C)(c3ccccc31)C1c3ccccc3C2c2ccccc21. The van der Waals surface area contributed by atoms with Gasteiger partial charge in [0.15, 0.2) is 0 Å². The van der Waals surface area contributed by atoms with Gasteiger partial charge in [-0.3, -0.25) is 0 Å². The molecule has 0 spiro atoms. The van der Waals surface area contributed by atoms with E-state index >= 15 is 0 Å². The predicted octanol–water partition coefficient (Wildman–Crippen LogP) is 6.90. The molecule has 0 radical (unpaired) electrons. The Kier molecular flexibility index (Phi) is 2.95. The minimum Gasteiger partial charge on any atom is -0.0620 e. The van der Waals surface area contributed by atoms with Gasteiger partial charge in [0.25, 0.3) is 0 Å². The van der Waals surface area contributed by atoms with E-state index in [2.05, 4.69) is 111 Å². The molecule has 144 valence electrons. The maximum absolute atomic E-state index is 2.49. The Morgan fingerprint density at radius 3 is 0.900 bits per heavy atom.